The van der Waals surface area contributed by atoms with Gasteiger partial charge in [-0.05, 0) is 42.9 Å². The fourth-order valence-corrected chi connectivity index (χ4v) is 3.73. The zero-order valence-corrected chi connectivity index (χ0v) is 15.6. The van der Waals surface area contributed by atoms with E-state index in [2.05, 4.69) is 10.6 Å². The Morgan fingerprint density at radius 3 is 2.40 bits per heavy atom. The van der Waals surface area contributed by atoms with E-state index in [9.17, 15) is 13.2 Å². The van der Waals surface area contributed by atoms with Gasteiger partial charge in [0.1, 0.15) is 5.75 Å². The first-order valence-corrected chi connectivity index (χ1v) is 10.3. The van der Waals surface area contributed by atoms with Crippen LogP contribution in [0.1, 0.15) is 18.4 Å². The van der Waals surface area contributed by atoms with Crippen LogP contribution in [0.25, 0.3) is 0 Å². The Hall–Kier alpha value is -1.80. The molecule has 0 unspecified atom stereocenters. The molecule has 0 aromatic heterocycles. The molecular weight excluding hydrogens is 342 g/mol. The van der Waals surface area contributed by atoms with E-state index in [0.717, 1.165) is 30.6 Å². The normalized spacial score (nSPS) is 16.4. The minimum Gasteiger partial charge on any atom is -0.497 e. The van der Waals surface area contributed by atoms with E-state index in [0.29, 0.717) is 32.1 Å². The zero-order valence-electron chi connectivity index (χ0n) is 14.8. The van der Waals surface area contributed by atoms with Crippen molar-refractivity contribution in [1.29, 1.82) is 0 Å². The first-order valence-electron chi connectivity index (χ1n) is 8.48. The van der Waals surface area contributed by atoms with Gasteiger partial charge in [-0.25, -0.2) is 17.5 Å². The van der Waals surface area contributed by atoms with Gasteiger partial charge < -0.3 is 15.4 Å². The van der Waals surface area contributed by atoms with Crippen molar-refractivity contribution in [2.45, 2.75) is 19.3 Å². The van der Waals surface area contributed by atoms with Gasteiger partial charge in [-0.3, -0.25) is 0 Å². The third-order valence-corrected chi connectivity index (χ3v) is 5.76. The number of amides is 2. The summed E-state index contributed by atoms with van der Waals surface area (Å²) in [5, 5.41) is 5.72. The molecule has 1 aromatic rings. The molecule has 8 heteroatoms. The minimum atomic E-state index is -3.10. The van der Waals surface area contributed by atoms with Gasteiger partial charge >= 0.3 is 6.03 Å². The van der Waals surface area contributed by atoms with Crippen molar-refractivity contribution in [2.75, 3.05) is 39.5 Å². The molecule has 7 nitrogen and oxygen atoms in total. The van der Waals surface area contributed by atoms with Crippen molar-refractivity contribution in [2.24, 2.45) is 5.92 Å². The summed E-state index contributed by atoms with van der Waals surface area (Å²) in [6.07, 6.45) is 3.55. The number of ether oxygens (including phenoxy) is 1. The van der Waals surface area contributed by atoms with Crippen LogP contribution < -0.4 is 15.4 Å². The Kier molecular flexibility index (Phi) is 7.07. The molecule has 25 heavy (non-hydrogen) atoms. The van der Waals surface area contributed by atoms with Crippen molar-refractivity contribution in [1.82, 2.24) is 14.9 Å². The average molecular weight is 369 g/mol. The molecule has 1 heterocycles. The fourth-order valence-electron chi connectivity index (χ4n) is 2.86. The molecule has 0 aliphatic carbocycles. The quantitative estimate of drug-likeness (QED) is 0.756. The number of sulfonamides is 1. The Morgan fingerprint density at radius 1 is 1.20 bits per heavy atom. The van der Waals surface area contributed by atoms with Gasteiger partial charge in [0.25, 0.3) is 0 Å². The second-order valence-electron chi connectivity index (χ2n) is 6.34. The Labute approximate surface area is 149 Å². The molecule has 1 aromatic carbocycles. The number of nitrogens with zero attached hydrogens (tertiary/aromatic N) is 1. The maximum absolute atomic E-state index is 11.9. The second kappa shape index (κ2) is 9.05. The van der Waals surface area contributed by atoms with Gasteiger partial charge in [0.2, 0.25) is 10.0 Å². The predicted octanol–water partition coefficient (Wildman–Crippen LogP) is 1.21. The summed E-state index contributed by atoms with van der Waals surface area (Å²) in [7, 11) is -1.47. The third-order valence-electron chi connectivity index (χ3n) is 4.45. The lowest BCUT2D eigenvalue weighted by atomic mass is 9.98. The van der Waals surface area contributed by atoms with E-state index in [1.165, 1.54) is 10.6 Å². The van der Waals surface area contributed by atoms with Gasteiger partial charge in [0, 0.05) is 26.2 Å². The van der Waals surface area contributed by atoms with Gasteiger partial charge in [0.05, 0.1) is 13.4 Å². The molecular formula is C17H27N3O4S. The number of carbonyl (C=O) groups excluding carboxylic acids is 1. The van der Waals surface area contributed by atoms with Crippen LogP contribution in [0.3, 0.4) is 0 Å². The van der Waals surface area contributed by atoms with Crippen molar-refractivity contribution >= 4 is 16.1 Å². The third kappa shape index (κ3) is 6.55. The first-order chi connectivity index (χ1) is 11.9. The molecule has 2 rings (SSSR count). The van der Waals surface area contributed by atoms with E-state index in [4.69, 9.17) is 4.74 Å². The molecule has 0 spiro atoms. The highest BCUT2D eigenvalue weighted by Gasteiger charge is 2.24. The summed E-state index contributed by atoms with van der Waals surface area (Å²) < 4.78 is 29.5. The van der Waals surface area contributed by atoms with Crippen LogP contribution in [-0.4, -0.2) is 58.3 Å². The number of methoxy groups -OCH3 is 1. The highest BCUT2D eigenvalue weighted by molar-refractivity contribution is 7.88. The SMILES string of the molecule is COc1ccc(CCNC(=O)NCC2CCN(S(C)(=O)=O)CC2)cc1. The summed E-state index contributed by atoms with van der Waals surface area (Å²) in [6.45, 7) is 2.20. The minimum absolute atomic E-state index is 0.181. The molecule has 1 saturated heterocycles. The maximum atomic E-state index is 11.9. The number of hydrogen-bond acceptors (Lipinski definition) is 4. The number of benzene rings is 1. The smallest absolute Gasteiger partial charge is 0.314 e. The summed E-state index contributed by atoms with van der Waals surface area (Å²) >= 11 is 0. The number of rotatable bonds is 7. The molecule has 2 N–H and O–H groups in total. The Bertz CT molecular complexity index is 653. The number of carbonyl (C=O) groups is 1. The van der Waals surface area contributed by atoms with Crippen LogP contribution in [0.15, 0.2) is 24.3 Å². The zero-order chi connectivity index (χ0) is 18.3. The summed E-state index contributed by atoms with van der Waals surface area (Å²) in [5.41, 5.74) is 1.13. The molecule has 0 saturated carbocycles. The van der Waals surface area contributed by atoms with Crippen LogP contribution in [0.5, 0.6) is 5.75 Å². The lowest BCUT2D eigenvalue weighted by molar-refractivity contribution is 0.231. The molecule has 1 fully saturated rings. The summed E-state index contributed by atoms with van der Waals surface area (Å²) in [6, 6.07) is 7.58. The van der Waals surface area contributed by atoms with Crippen molar-refractivity contribution < 1.29 is 17.9 Å². The van der Waals surface area contributed by atoms with Crippen LogP contribution in [0.2, 0.25) is 0 Å². The molecule has 0 atom stereocenters. The lowest BCUT2D eigenvalue weighted by Crippen LogP contribution is -2.43. The predicted molar refractivity (Wildman–Crippen MR) is 97.2 cm³/mol. The molecule has 1 aliphatic rings. The topological polar surface area (TPSA) is 87.7 Å². The van der Waals surface area contributed by atoms with Gasteiger partial charge in [0.15, 0.2) is 0 Å². The number of urea groups is 1. The number of hydrogen-bond donors (Lipinski definition) is 2. The van der Waals surface area contributed by atoms with E-state index < -0.39 is 10.0 Å². The largest absolute Gasteiger partial charge is 0.497 e. The first kappa shape index (κ1) is 19.5. The van der Waals surface area contributed by atoms with Crippen LogP contribution in [-0.2, 0) is 16.4 Å². The van der Waals surface area contributed by atoms with Crippen LogP contribution >= 0.6 is 0 Å². The standard InChI is InChI=1S/C17H27N3O4S/c1-24-16-5-3-14(4-6-16)7-10-18-17(21)19-13-15-8-11-20(12-9-15)25(2,22)23/h3-6,15H,7-13H2,1-2H3,(H2,18,19,21). The van der Waals surface area contributed by atoms with Gasteiger partial charge in [-0.2, -0.15) is 0 Å². The number of piperidine rings is 1. The van der Waals surface area contributed by atoms with Crippen molar-refractivity contribution in [3.8, 4) is 5.75 Å². The van der Waals surface area contributed by atoms with E-state index in [1.54, 1.807) is 7.11 Å². The van der Waals surface area contributed by atoms with E-state index >= 15 is 0 Å². The molecule has 1 aliphatic heterocycles. The fraction of sp³-hybridized carbons (Fsp3) is 0.588. The van der Waals surface area contributed by atoms with Gasteiger partial charge in [-0.1, -0.05) is 12.1 Å². The second-order valence-corrected chi connectivity index (χ2v) is 8.32. The van der Waals surface area contributed by atoms with Crippen LogP contribution in [0, 0.1) is 5.92 Å². The van der Waals surface area contributed by atoms with Crippen molar-refractivity contribution in [3.05, 3.63) is 29.8 Å². The monoisotopic (exact) mass is 369 g/mol. The number of nitrogens with one attached hydrogen (secondary N) is 2. The highest BCUT2D eigenvalue weighted by Crippen LogP contribution is 2.18. The average Bonchev–Trinajstić information content (AvgIpc) is 2.60. The molecule has 0 radical (unpaired) electrons. The van der Waals surface area contributed by atoms with Gasteiger partial charge in [-0.15, -0.1) is 0 Å². The maximum Gasteiger partial charge on any atom is 0.314 e. The van der Waals surface area contributed by atoms with E-state index in [-0.39, 0.29) is 6.03 Å². The molecule has 2 amide bonds. The highest BCUT2D eigenvalue weighted by atomic mass is 32.2. The summed E-state index contributed by atoms with van der Waals surface area (Å²) in [4.78, 5) is 11.9. The lowest BCUT2D eigenvalue weighted by Gasteiger charge is -2.30. The van der Waals surface area contributed by atoms with E-state index in [1.807, 2.05) is 24.3 Å². The Balaban J connectivity index is 1.61. The van der Waals surface area contributed by atoms with Crippen molar-refractivity contribution in [3.63, 3.8) is 0 Å². The Morgan fingerprint density at radius 2 is 1.84 bits per heavy atom. The molecule has 0 bridgehead atoms. The van der Waals surface area contributed by atoms with Crippen LogP contribution in [0.4, 0.5) is 4.79 Å². The summed E-state index contributed by atoms with van der Waals surface area (Å²) in [5.74, 6) is 1.14. The molecule has 140 valence electrons.